The zero-order valence-corrected chi connectivity index (χ0v) is 15.0. The average Bonchev–Trinajstić information content (AvgIpc) is 3.22. The Kier molecular flexibility index (Phi) is 5.44. The standard InChI is InChI=1S/C20H29NO3/c1-4-24-12-17-11-16(7-8-19(17)23-3)20(22)21-13(2)18-10-14-5-6-15(18)9-14/h7-8,11,13-15,18H,4-6,9-10,12H2,1-3H3,(H,21,22)/t13-,14+,15+,18+/m1/s1. The van der Waals surface area contributed by atoms with Crippen LogP contribution in [0.3, 0.4) is 0 Å². The van der Waals surface area contributed by atoms with E-state index < -0.39 is 0 Å². The minimum atomic E-state index is 0.00525. The van der Waals surface area contributed by atoms with E-state index >= 15 is 0 Å². The summed E-state index contributed by atoms with van der Waals surface area (Å²) in [7, 11) is 1.64. The van der Waals surface area contributed by atoms with Gasteiger partial charge >= 0.3 is 0 Å². The lowest BCUT2D eigenvalue weighted by Crippen LogP contribution is -2.40. The summed E-state index contributed by atoms with van der Waals surface area (Å²) in [4.78, 5) is 12.7. The first-order valence-corrected chi connectivity index (χ1v) is 9.17. The van der Waals surface area contributed by atoms with E-state index in [1.165, 1.54) is 25.7 Å². The number of hydrogen-bond donors (Lipinski definition) is 1. The summed E-state index contributed by atoms with van der Waals surface area (Å²) < 4.78 is 10.8. The van der Waals surface area contributed by atoms with E-state index in [-0.39, 0.29) is 11.9 Å². The molecule has 0 heterocycles. The van der Waals surface area contributed by atoms with Crippen molar-refractivity contribution in [3.63, 3.8) is 0 Å². The number of benzene rings is 1. The van der Waals surface area contributed by atoms with Gasteiger partial charge in [0, 0.05) is 23.8 Å². The van der Waals surface area contributed by atoms with Gasteiger partial charge in [0.2, 0.25) is 0 Å². The molecule has 1 aromatic carbocycles. The van der Waals surface area contributed by atoms with Crippen LogP contribution in [0, 0.1) is 17.8 Å². The Morgan fingerprint density at radius 2 is 2.17 bits per heavy atom. The van der Waals surface area contributed by atoms with Crippen molar-refractivity contribution in [2.45, 2.75) is 52.2 Å². The molecule has 4 nitrogen and oxygen atoms in total. The maximum atomic E-state index is 12.7. The van der Waals surface area contributed by atoms with Gasteiger partial charge in [-0.2, -0.15) is 0 Å². The number of nitrogens with one attached hydrogen (secondary N) is 1. The average molecular weight is 331 g/mol. The van der Waals surface area contributed by atoms with Crippen molar-refractivity contribution in [1.29, 1.82) is 0 Å². The Morgan fingerprint density at radius 3 is 2.79 bits per heavy atom. The van der Waals surface area contributed by atoms with Gasteiger partial charge < -0.3 is 14.8 Å². The maximum Gasteiger partial charge on any atom is 0.251 e. The van der Waals surface area contributed by atoms with E-state index in [1.54, 1.807) is 7.11 Å². The van der Waals surface area contributed by atoms with Crippen LogP contribution in [-0.4, -0.2) is 25.7 Å². The van der Waals surface area contributed by atoms with Crippen LogP contribution in [0.15, 0.2) is 18.2 Å². The summed E-state index contributed by atoms with van der Waals surface area (Å²) in [5, 5.41) is 3.22. The van der Waals surface area contributed by atoms with Crippen molar-refractivity contribution < 1.29 is 14.3 Å². The highest BCUT2D eigenvalue weighted by molar-refractivity contribution is 5.94. The third-order valence-corrected chi connectivity index (χ3v) is 5.80. The van der Waals surface area contributed by atoms with Gasteiger partial charge in [-0.1, -0.05) is 6.42 Å². The van der Waals surface area contributed by atoms with E-state index in [0.29, 0.717) is 24.7 Å². The summed E-state index contributed by atoms with van der Waals surface area (Å²) in [6, 6.07) is 5.81. The lowest BCUT2D eigenvalue weighted by molar-refractivity contribution is 0.0914. The largest absolute Gasteiger partial charge is 0.496 e. The number of fused-ring (bicyclic) bond motifs is 2. The van der Waals surface area contributed by atoms with Crippen molar-refractivity contribution in [1.82, 2.24) is 5.32 Å². The van der Waals surface area contributed by atoms with Crippen LogP contribution < -0.4 is 10.1 Å². The molecule has 4 atom stereocenters. The fourth-order valence-electron chi connectivity index (χ4n) is 4.55. The SMILES string of the molecule is CCOCc1cc(C(=O)N[C@H](C)[C@@H]2C[C@H]3CC[C@H]2C3)ccc1OC. The molecule has 2 saturated carbocycles. The Bertz CT molecular complexity index is 586. The van der Waals surface area contributed by atoms with Gasteiger partial charge in [0.1, 0.15) is 5.75 Å². The van der Waals surface area contributed by atoms with Crippen molar-refractivity contribution >= 4 is 5.91 Å². The number of carbonyl (C=O) groups excluding carboxylic acids is 1. The van der Waals surface area contributed by atoms with Gasteiger partial charge in [-0.05, 0) is 69.1 Å². The van der Waals surface area contributed by atoms with E-state index in [9.17, 15) is 4.79 Å². The third kappa shape index (κ3) is 3.59. The van der Waals surface area contributed by atoms with Crippen LogP contribution in [0.5, 0.6) is 5.75 Å². The lowest BCUT2D eigenvalue weighted by Gasteiger charge is -2.28. The Morgan fingerprint density at radius 1 is 1.33 bits per heavy atom. The number of carbonyl (C=O) groups is 1. The normalized spacial score (nSPS) is 26.4. The van der Waals surface area contributed by atoms with Crippen LogP contribution in [0.2, 0.25) is 0 Å². The summed E-state index contributed by atoms with van der Waals surface area (Å²) in [6.45, 7) is 5.22. The molecule has 0 aromatic heterocycles. The first-order chi connectivity index (χ1) is 11.6. The molecular weight excluding hydrogens is 302 g/mol. The van der Waals surface area contributed by atoms with Crippen LogP contribution >= 0.6 is 0 Å². The minimum Gasteiger partial charge on any atom is -0.496 e. The molecular formula is C20H29NO3. The van der Waals surface area contributed by atoms with Crippen molar-refractivity contribution in [2.24, 2.45) is 17.8 Å². The zero-order valence-electron chi connectivity index (χ0n) is 15.0. The molecule has 2 bridgehead atoms. The molecule has 0 radical (unpaired) electrons. The molecule has 0 unspecified atom stereocenters. The van der Waals surface area contributed by atoms with Crippen LogP contribution in [0.1, 0.15) is 55.5 Å². The molecule has 1 aromatic rings. The molecule has 2 aliphatic carbocycles. The predicted octanol–water partition coefficient (Wildman–Crippen LogP) is 3.79. The minimum absolute atomic E-state index is 0.00525. The van der Waals surface area contributed by atoms with Gasteiger partial charge in [0.25, 0.3) is 5.91 Å². The number of hydrogen-bond acceptors (Lipinski definition) is 3. The quantitative estimate of drug-likeness (QED) is 0.827. The van der Waals surface area contributed by atoms with Crippen LogP contribution in [0.25, 0.3) is 0 Å². The molecule has 2 aliphatic rings. The third-order valence-electron chi connectivity index (χ3n) is 5.80. The van der Waals surface area contributed by atoms with Gasteiger partial charge in [-0.3, -0.25) is 4.79 Å². The summed E-state index contributed by atoms with van der Waals surface area (Å²) in [6.07, 6.45) is 5.38. The van der Waals surface area contributed by atoms with Crippen molar-refractivity contribution in [3.05, 3.63) is 29.3 Å². The number of rotatable bonds is 7. The Balaban J connectivity index is 1.65. The number of amides is 1. The molecule has 0 spiro atoms. The first-order valence-electron chi connectivity index (χ1n) is 9.17. The Labute approximate surface area is 144 Å². The smallest absolute Gasteiger partial charge is 0.251 e. The van der Waals surface area contributed by atoms with E-state index in [2.05, 4.69) is 12.2 Å². The van der Waals surface area contributed by atoms with Gasteiger partial charge in [-0.25, -0.2) is 0 Å². The van der Waals surface area contributed by atoms with Crippen molar-refractivity contribution in [3.8, 4) is 5.75 Å². The van der Waals surface area contributed by atoms with Gasteiger partial charge in [0.05, 0.1) is 13.7 Å². The zero-order chi connectivity index (χ0) is 17.1. The van der Waals surface area contributed by atoms with Crippen LogP contribution in [-0.2, 0) is 11.3 Å². The molecule has 24 heavy (non-hydrogen) atoms. The second-order valence-corrected chi connectivity index (χ2v) is 7.26. The lowest BCUT2D eigenvalue weighted by atomic mass is 9.84. The Hall–Kier alpha value is -1.55. The molecule has 132 valence electrons. The molecule has 3 rings (SSSR count). The number of methoxy groups -OCH3 is 1. The molecule has 1 amide bonds. The topological polar surface area (TPSA) is 47.6 Å². The highest BCUT2D eigenvalue weighted by atomic mass is 16.5. The molecule has 0 saturated heterocycles. The number of ether oxygens (including phenoxy) is 2. The fraction of sp³-hybridized carbons (Fsp3) is 0.650. The summed E-state index contributed by atoms with van der Waals surface area (Å²) in [5.41, 5.74) is 1.60. The summed E-state index contributed by atoms with van der Waals surface area (Å²) in [5.74, 6) is 3.13. The molecule has 0 aliphatic heterocycles. The predicted molar refractivity (Wildman–Crippen MR) is 94.2 cm³/mol. The molecule has 1 N–H and O–H groups in total. The van der Waals surface area contributed by atoms with Crippen molar-refractivity contribution in [2.75, 3.05) is 13.7 Å². The van der Waals surface area contributed by atoms with Crippen LogP contribution in [0.4, 0.5) is 0 Å². The first kappa shape index (κ1) is 17.3. The summed E-state index contributed by atoms with van der Waals surface area (Å²) >= 11 is 0. The fourth-order valence-corrected chi connectivity index (χ4v) is 4.55. The van der Waals surface area contributed by atoms with E-state index in [4.69, 9.17) is 9.47 Å². The molecule has 2 fully saturated rings. The maximum absolute atomic E-state index is 12.7. The second kappa shape index (κ2) is 7.56. The van der Waals surface area contributed by atoms with E-state index in [0.717, 1.165) is 23.1 Å². The van der Waals surface area contributed by atoms with E-state index in [1.807, 2.05) is 25.1 Å². The monoisotopic (exact) mass is 331 g/mol. The highest BCUT2D eigenvalue weighted by Gasteiger charge is 2.42. The second-order valence-electron chi connectivity index (χ2n) is 7.26. The van der Waals surface area contributed by atoms with Gasteiger partial charge in [-0.15, -0.1) is 0 Å². The molecule has 4 heteroatoms. The van der Waals surface area contributed by atoms with Gasteiger partial charge in [0.15, 0.2) is 0 Å². The highest BCUT2D eigenvalue weighted by Crippen LogP contribution is 2.49.